The van der Waals surface area contributed by atoms with Crippen LogP contribution in [0.3, 0.4) is 0 Å². The largest absolute Gasteiger partial charge is 0.416 e. The van der Waals surface area contributed by atoms with Crippen molar-refractivity contribution in [2.24, 2.45) is 11.7 Å². The molecule has 2 unspecified atom stereocenters. The van der Waals surface area contributed by atoms with E-state index in [1.807, 2.05) is 6.92 Å². The van der Waals surface area contributed by atoms with Crippen LogP contribution in [-0.4, -0.2) is 29.9 Å². The Morgan fingerprint density at radius 2 is 2.05 bits per heavy atom. The van der Waals surface area contributed by atoms with E-state index in [1.165, 1.54) is 18.2 Å². The van der Waals surface area contributed by atoms with Crippen molar-refractivity contribution >= 4 is 5.91 Å². The number of amides is 1. The van der Waals surface area contributed by atoms with Gasteiger partial charge in [0, 0.05) is 12.6 Å². The lowest BCUT2D eigenvalue weighted by molar-refractivity contribution is -0.138. The third-order valence-corrected chi connectivity index (χ3v) is 3.98. The van der Waals surface area contributed by atoms with Crippen molar-refractivity contribution in [3.05, 3.63) is 35.4 Å². The average Bonchev–Trinajstić information content (AvgIpc) is 2.79. The van der Waals surface area contributed by atoms with Crippen LogP contribution in [-0.2, 0) is 17.4 Å². The molecule has 6 heteroatoms. The van der Waals surface area contributed by atoms with Gasteiger partial charge in [-0.05, 0) is 37.4 Å². The van der Waals surface area contributed by atoms with Crippen LogP contribution in [0.25, 0.3) is 0 Å². The lowest BCUT2D eigenvalue weighted by Gasteiger charge is -2.22. The number of carbonyl (C=O) groups excluding carboxylic acids is 1. The summed E-state index contributed by atoms with van der Waals surface area (Å²) < 4.78 is 38.8. The van der Waals surface area contributed by atoms with E-state index in [4.69, 9.17) is 5.73 Å². The number of carbonyl (C=O) groups is 1. The molecular weight excluding hydrogens is 281 g/mol. The molecule has 21 heavy (non-hydrogen) atoms. The molecule has 1 aromatic rings. The van der Waals surface area contributed by atoms with Crippen LogP contribution < -0.4 is 5.73 Å². The molecule has 2 atom stereocenters. The molecule has 0 spiro atoms. The van der Waals surface area contributed by atoms with Crippen LogP contribution in [0.2, 0.25) is 0 Å². The van der Waals surface area contributed by atoms with Gasteiger partial charge in [0.1, 0.15) is 0 Å². The van der Waals surface area contributed by atoms with Crippen LogP contribution in [0.1, 0.15) is 24.5 Å². The standard InChI is InChI=1S/C15H19F3N2O/c1-10-6-11(8-19)9-20(10)14(21)7-12-4-2-3-5-13(12)15(16,17)18/h2-5,10-11H,6-9,19H2,1H3. The van der Waals surface area contributed by atoms with Gasteiger partial charge in [0.2, 0.25) is 5.91 Å². The van der Waals surface area contributed by atoms with E-state index in [1.54, 1.807) is 4.90 Å². The minimum Gasteiger partial charge on any atom is -0.339 e. The maximum absolute atomic E-state index is 12.9. The minimum absolute atomic E-state index is 0.0263. The van der Waals surface area contributed by atoms with Gasteiger partial charge in [-0.15, -0.1) is 0 Å². The number of hydrogen-bond acceptors (Lipinski definition) is 2. The van der Waals surface area contributed by atoms with Gasteiger partial charge in [-0.3, -0.25) is 4.79 Å². The fraction of sp³-hybridized carbons (Fsp3) is 0.533. The van der Waals surface area contributed by atoms with Crippen molar-refractivity contribution in [3.63, 3.8) is 0 Å². The highest BCUT2D eigenvalue weighted by atomic mass is 19.4. The Morgan fingerprint density at radius 3 is 2.62 bits per heavy atom. The van der Waals surface area contributed by atoms with E-state index in [0.717, 1.165) is 12.5 Å². The van der Waals surface area contributed by atoms with E-state index >= 15 is 0 Å². The number of hydrogen-bond donors (Lipinski definition) is 1. The lowest BCUT2D eigenvalue weighted by Crippen LogP contribution is -2.36. The molecule has 1 heterocycles. The monoisotopic (exact) mass is 300 g/mol. The third kappa shape index (κ3) is 3.56. The summed E-state index contributed by atoms with van der Waals surface area (Å²) in [4.78, 5) is 13.9. The van der Waals surface area contributed by atoms with E-state index < -0.39 is 11.7 Å². The average molecular weight is 300 g/mol. The topological polar surface area (TPSA) is 46.3 Å². The summed E-state index contributed by atoms with van der Waals surface area (Å²) >= 11 is 0. The van der Waals surface area contributed by atoms with Crippen LogP contribution in [0.4, 0.5) is 13.2 Å². The molecule has 1 saturated heterocycles. The first kappa shape index (κ1) is 15.8. The first-order chi connectivity index (χ1) is 9.82. The summed E-state index contributed by atoms with van der Waals surface area (Å²) in [5, 5.41) is 0. The summed E-state index contributed by atoms with van der Waals surface area (Å²) in [7, 11) is 0. The van der Waals surface area contributed by atoms with Crippen molar-refractivity contribution in [1.29, 1.82) is 0 Å². The third-order valence-electron chi connectivity index (χ3n) is 3.98. The molecule has 1 aliphatic heterocycles. The van der Waals surface area contributed by atoms with Crippen LogP contribution >= 0.6 is 0 Å². The smallest absolute Gasteiger partial charge is 0.339 e. The van der Waals surface area contributed by atoms with Gasteiger partial charge in [-0.1, -0.05) is 18.2 Å². The van der Waals surface area contributed by atoms with Gasteiger partial charge in [-0.25, -0.2) is 0 Å². The zero-order valence-corrected chi connectivity index (χ0v) is 11.9. The Bertz CT molecular complexity index is 516. The van der Waals surface area contributed by atoms with Crippen LogP contribution in [0, 0.1) is 5.92 Å². The molecule has 1 amide bonds. The molecular formula is C15H19F3N2O. The molecule has 0 bridgehead atoms. The second kappa shape index (κ2) is 6.05. The molecule has 0 aromatic heterocycles. The molecule has 0 saturated carbocycles. The predicted molar refractivity (Wildman–Crippen MR) is 73.5 cm³/mol. The highest BCUT2D eigenvalue weighted by molar-refractivity contribution is 5.79. The van der Waals surface area contributed by atoms with Gasteiger partial charge in [0.05, 0.1) is 12.0 Å². The SMILES string of the molecule is CC1CC(CN)CN1C(=O)Cc1ccccc1C(F)(F)F. The number of likely N-dealkylation sites (tertiary alicyclic amines) is 1. The summed E-state index contributed by atoms with van der Waals surface area (Å²) in [5.41, 5.74) is 4.90. The highest BCUT2D eigenvalue weighted by Crippen LogP contribution is 2.32. The van der Waals surface area contributed by atoms with Crippen molar-refractivity contribution in [1.82, 2.24) is 4.90 Å². The first-order valence-electron chi connectivity index (χ1n) is 6.97. The molecule has 0 radical (unpaired) electrons. The maximum Gasteiger partial charge on any atom is 0.416 e. The maximum atomic E-state index is 12.9. The first-order valence-corrected chi connectivity index (χ1v) is 6.97. The minimum atomic E-state index is -4.44. The zero-order valence-electron chi connectivity index (χ0n) is 11.9. The number of benzene rings is 1. The molecule has 1 fully saturated rings. The van der Waals surface area contributed by atoms with Crippen LogP contribution in [0.15, 0.2) is 24.3 Å². The van der Waals surface area contributed by atoms with E-state index in [-0.39, 0.29) is 29.9 Å². The van der Waals surface area contributed by atoms with Gasteiger partial charge < -0.3 is 10.6 Å². The summed E-state index contributed by atoms with van der Waals surface area (Å²) in [5.74, 6) is -0.0306. The molecule has 1 aromatic carbocycles. The molecule has 1 aliphatic rings. The number of halogens is 3. The molecule has 2 rings (SSSR count). The Balaban J connectivity index is 2.14. The lowest BCUT2D eigenvalue weighted by atomic mass is 10.0. The highest BCUT2D eigenvalue weighted by Gasteiger charge is 2.35. The molecule has 3 nitrogen and oxygen atoms in total. The second-order valence-corrected chi connectivity index (χ2v) is 5.56. The molecule has 116 valence electrons. The molecule has 0 aliphatic carbocycles. The van der Waals surface area contributed by atoms with Crippen molar-refractivity contribution in [2.75, 3.05) is 13.1 Å². The predicted octanol–water partition coefficient (Wildman–Crippen LogP) is 2.44. The quantitative estimate of drug-likeness (QED) is 0.932. The number of rotatable bonds is 3. The normalized spacial score (nSPS) is 22.6. The van der Waals surface area contributed by atoms with E-state index in [9.17, 15) is 18.0 Å². The van der Waals surface area contributed by atoms with Gasteiger partial charge in [0.25, 0.3) is 0 Å². The Kier molecular flexibility index (Phi) is 4.56. The fourth-order valence-corrected chi connectivity index (χ4v) is 2.88. The Morgan fingerprint density at radius 1 is 1.38 bits per heavy atom. The molecule has 2 N–H and O–H groups in total. The van der Waals surface area contributed by atoms with E-state index in [0.29, 0.717) is 13.1 Å². The van der Waals surface area contributed by atoms with Crippen molar-refractivity contribution in [2.45, 2.75) is 32.0 Å². The summed E-state index contributed by atoms with van der Waals surface area (Å²) in [6.07, 6.45) is -3.85. The van der Waals surface area contributed by atoms with Crippen LogP contribution in [0.5, 0.6) is 0 Å². The Labute approximate surface area is 121 Å². The fourth-order valence-electron chi connectivity index (χ4n) is 2.88. The van der Waals surface area contributed by atoms with Gasteiger partial charge in [0.15, 0.2) is 0 Å². The second-order valence-electron chi connectivity index (χ2n) is 5.56. The zero-order chi connectivity index (χ0) is 15.6. The van der Waals surface area contributed by atoms with E-state index in [2.05, 4.69) is 0 Å². The summed E-state index contributed by atoms with van der Waals surface area (Å²) in [6, 6.07) is 5.26. The number of alkyl halides is 3. The van der Waals surface area contributed by atoms with Crippen molar-refractivity contribution < 1.29 is 18.0 Å². The number of nitrogens with zero attached hydrogens (tertiary/aromatic N) is 1. The van der Waals surface area contributed by atoms with Crippen molar-refractivity contribution in [3.8, 4) is 0 Å². The summed E-state index contributed by atoms with van der Waals surface area (Å²) in [6.45, 7) is 2.93. The van der Waals surface area contributed by atoms with Gasteiger partial charge in [-0.2, -0.15) is 13.2 Å². The van der Waals surface area contributed by atoms with Gasteiger partial charge >= 0.3 is 6.18 Å². The number of nitrogens with two attached hydrogens (primary N) is 1. The Hall–Kier alpha value is -1.56.